The quantitative estimate of drug-likeness (QED) is 0.830. The van der Waals surface area contributed by atoms with E-state index in [1.165, 1.54) is 19.2 Å². The molecule has 1 amide bonds. The van der Waals surface area contributed by atoms with Crippen molar-refractivity contribution in [3.63, 3.8) is 0 Å². The molecule has 0 aliphatic carbocycles. The highest BCUT2D eigenvalue weighted by atomic mass is 19.4. The Bertz CT molecular complexity index is 710. The molecule has 122 valence electrons. The minimum absolute atomic E-state index is 0.0323. The second kappa shape index (κ2) is 6.46. The van der Waals surface area contributed by atoms with Crippen LogP contribution in [-0.2, 0) is 17.5 Å². The van der Waals surface area contributed by atoms with Gasteiger partial charge in [0.25, 0.3) is 5.91 Å². The number of esters is 1. The lowest BCUT2D eigenvalue weighted by Gasteiger charge is -2.04. The molecule has 0 saturated heterocycles. The number of aromatic nitrogens is 3. The molecule has 10 heteroatoms. The maximum absolute atomic E-state index is 12.4. The molecule has 2 aromatic heterocycles. The third-order valence-corrected chi connectivity index (χ3v) is 2.77. The molecule has 0 bridgehead atoms. The van der Waals surface area contributed by atoms with Gasteiger partial charge in [0, 0.05) is 6.20 Å². The van der Waals surface area contributed by atoms with Crippen molar-refractivity contribution < 1.29 is 27.5 Å². The summed E-state index contributed by atoms with van der Waals surface area (Å²) >= 11 is 0. The lowest BCUT2D eigenvalue weighted by atomic mass is 10.2. The van der Waals surface area contributed by atoms with E-state index in [1.807, 2.05) is 0 Å². The number of rotatable bonds is 4. The first-order chi connectivity index (χ1) is 10.8. The molecule has 0 fully saturated rings. The number of aromatic amines is 1. The van der Waals surface area contributed by atoms with Crippen LogP contribution in [0.15, 0.2) is 24.5 Å². The molecule has 2 heterocycles. The fourth-order valence-electron chi connectivity index (χ4n) is 1.62. The Labute approximate surface area is 127 Å². The van der Waals surface area contributed by atoms with Gasteiger partial charge in [0.05, 0.1) is 25.4 Å². The number of nitrogens with one attached hydrogen (secondary N) is 2. The minimum Gasteiger partial charge on any atom is -0.464 e. The zero-order chi connectivity index (χ0) is 17.0. The molecule has 2 aromatic rings. The number of imidazole rings is 1. The van der Waals surface area contributed by atoms with E-state index in [2.05, 4.69) is 25.0 Å². The average Bonchev–Trinajstić information content (AvgIpc) is 3.01. The Hall–Kier alpha value is -2.91. The van der Waals surface area contributed by atoms with Gasteiger partial charge >= 0.3 is 12.1 Å². The lowest BCUT2D eigenvalue weighted by Crippen LogP contribution is -2.23. The first-order valence-corrected chi connectivity index (χ1v) is 6.25. The fraction of sp³-hybridized carbons (Fsp3) is 0.231. The molecule has 2 rings (SSSR count). The summed E-state index contributed by atoms with van der Waals surface area (Å²) in [4.78, 5) is 32.4. The number of pyridine rings is 1. The van der Waals surface area contributed by atoms with Gasteiger partial charge in [-0.3, -0.25) is 4.79 Å². The van der Waals surface area contributed by atoms with Crippen LogP contribution in [0.4, 0.5) is 13.2 Å². The zero-order valence-electron chi connectivity index (χ0n) is 11.8. The third kappa shape index (κ3) is 4.05. The van der Waals surface area contributed by atoms with Gasteiger partial charge in [-0.2, -0.15) is 13.2 Å². The molecule has 0 saturated carbocycles. The van der Waals surface area contributed by atoms with Gasteiger partial charge in [-0.1, -0.05) is 0 Å². The van der Waals surface area contributed by atoms with Crippen LogP contribution < -0.4 is 5.32 Å². The van der Waals surface area contributed by atoms with Crippen molar-refractivity contribution in [2.45, 2.75) is 12.7 Å². The van der Waals surface area contributed by atoms with E-state index < -0.39 is 23.7 Å². The summed E-state index contributed by atoms with van der Waals surface area (Å²) in [5.74, 6) is -1.25. The number of methoxy groups -OCH3 is 1. The van der Waals surface area contributed by atoms with Crippen molar-refractivity contribution >= 4 is 11.9 Å². The summed E-state index contributed by atoms with van der Waals surface area (Å²) in [6, 6.07) is 2.65. The number of halogens is 3. The van der Waals surface area contributed by atoms with E-state index in [4.69, 9.17) is 0 Å². The molecule has 0 aliphatic heterocycles. The van der Waals surface area contributed by atoms with Crippen LogP contribution in [-0.4, -0.2) is 33.9 Å². The van der Waals surface area contributed by atoms with Gasteiger partial charge in [0.2, 0.25) is 0 Å². The number of nitrogens with zero attached hydrogens (tertiary/aromatic N) is 2. The predicted octanol–water partition coefficient (Wildman–Crippen LogP) is 1.54. The van der Waals surface area contributed by atoms with Crippen molar-refractivity contribution in [1.82, 2.24) is 20.3 Å². The molecule has 0 aliphatic rings. The van der Waals surface area contributed by atoms with E-state index in [0.717, 1.165) is 6.20 Å². The molecular weight excluding hydrogens is 317 g/mol. The largest absolute Gasteiger partial charge is 0.464 e. The number of H-pyrrole nitrogens is 1. The van der Waals surface area contributed by atoms with Crippen molar-refractivity contribution in [3.05, 3.63) is 47.3 Å². The normalized spacial score (nSPS) is 11.1. The van der Waals surface area contributed by atoms with Crippen LogP contribution in [0, 0.1) is 0 Å². The molecule has 23 heavy (non-hydrogen) atoms. The molecule has 2 N–H and O–H groups in total. The first kappa shape index (κ1) is 16.5. The van der Waals surface area contributed by atoms with Crippen LogP contribution >= 0.6 is 0 Å². The van der Waals surface area contributed by atoms with Crippen molar-refractivity contribution in [1.29, 1.82) is 0 Å². The molecular formula is C13H11F3N4O3. The van der Waals surface area contributed by atoms with Crippen LogP contribution in [0.5, 0.6) is 0 Å². The van der Waals surface area contributed by atoms with E-state index in [9.17, 15) is 22.8 Å². The van der Waals surface area contributed by atoms with Gasteiger partial charge in [-0.25, -0.2) is 14.8 Å². The smallest absolute Gasteiger partial charge is 0.432 e. The minimum atomic E-state index is -4.52. The highest BCUT2D eigenvalue weighted by Gasteiger charge is 2.32. The summed E-state index contributed by atoms with van der Waals surface area (Å²) in [5, 5.41) is 2.39. The second-order valence-corrected chi connectivity index (χ2v) is 4.35. The maximum atomic E-state index is 12.4. The van der Waals surface area contributed by atoms with Gasteiger partial charge in [0.15, 0.2) is 0 Å². The van der Waals surface area contributed by atoms with Crippen molar-refractivity contribution in [2.75, 3.05) is 7.11 Å². The maximum Gasteiger partial charge on any atom is 0.432 e. The summed E-state index contributed by atoms with van der Waals surface area (Å²) in [5.41, 5.74) is -0.823. The summed E-state index contributed by atoms with van der Waals surface area (Å²) in [6.45, 7) is -0.215. The highest BCUT2D eigenvalue weighted by Crippen LogP contribution is 2.27. The monoisotopic (exact) mass is 328 g/mol. The van der Waals surface area contributed by atoms with Crippen LogP contribution in [0.3, 0.4) is 0 Å². The Morgan fingerprint density at radius 2 is 2.00 bits per heavy atom. The third-order valence-electron chi connectivity index (χ3n) is 2.77. The van der Waals surface area contributed by atoms with E-state index in [1.54, 1.807) is 0 Å². The van der Waals surface area contributed by atoms with Crippen molar-refractivity contribution in [2.24, 2.45) is 0 Å². The molecule has 0 atom stereocenters. The fourth-order valence-corrected chi connectivity index (χ4v) is 1.62. The van der Waals surface area contributed by atoms with Gasteiger partial charge in [-0.05, 0) is 12.1 Å². The number of hydrogen-bond donors (Lipinski definition) is 2. The van der Waals surface area contributed by atoms with Gasteiger partial charge < -0.3 is 15.0 Å². The Kier molecular flexibility index (Phi) is 4.63. The summed E-state index contributed by atoms with van der Waals surface area (Å²) < 4.78 is 41.6. The predicted molar refractivity (Wildman–Crippen MR) is 70.3 cm³/mol. The number of amides is 1. The molecule has 0 spiro atoms. The number of carbonyl (C=O) groups excluding carboxylic acids is 2. The lowest BCUT2D eigenvalue weighted by molar-refractivity contribution is -0.140. The number of carbonyl (C=O) groups is 2. The molecule has 0 unspecified atom stereocenters. The van der Waals surface area contributed by atoms with Crippen LogP contribution in [0.25, 0.3) is 0 Å². The highest BCUT2D eigenvalue weighted by molar-refractivity contribution is 5.94. The molecule has 7 nitrogen and oxygen atoms in total. The second-order valence-electron chi connectivity index (χ2n) is 4.35. The SMILES string of the molecule is COC(=O)c1ccc(C(=O)NCc2ncc(C(F)(F)F)[nH]2)cn1. The van der Waals surface area contributed by atoms with Gasteiger partial charge in [0.1, 0.15) is 17.2 Å². The Balaban J connectivity index is 1.97. The topological polar surface area (TPSA) is 97.0 Å². The standard InChI is InChI=1S/C13H11F3N4O3/c1-23-12(22)8-3-2-7(4-17-8)11(21)19-6-10-18-5-9(20-10)13(14,15)16/h2-5H,6H2,1H3,(H,18,20)(H,19,21). The van der Waals surface area contributed by atoms with Crippen LogP contribution in [0.1, 0.15) is 32.4 Å². The van der Waals surface area contributed by atoms with Gasteiger partial charge in [-0.15, -0.1) is 0 Å². The Morgan fingerprint density at radius 1 is 1.26 bits per heavy atom. The number of hydrogen-bond acceptors (Lipinski definition) is 5. The van der Waals surface area contributed by atoms with E-state index in [0.29, 0.717) is 6.20 Å². The summed E-state index contributed by atoms with van der Waals surface area (Å²) in [7, 11) is 1.20. The number of alkyl halides is 3. The van der Waals surface area contributed by atoms with Crippen LogP contribution in [0.2, 0.25) is 0 Å². The Morgan fingerprint density at radius 3 is 2.52 bits per heavy atom. The molecule has 0 aromatic carbocycles. The van der Waals surface area contributed by atoms with E-state index >= 15 is 0 Å². The zero-order valence-corrected chi connectivity index (χ0v) is 11.8. The summed E-state index contributed by atoms with van der Waals surface area (Å²) in [6.07, 6.45) is -2.72. The van der Waals surface area contributed by atoms with E-state index in [-0.39, 0.29) is 23.6 Å². The molecule has 0 radical (unpaired) electrons. The first-order valence-electron chi connectivity index (χ1n) is 6.25. The van der Waals surface area contributed by atoms with Crippen molar-refractivity contribution in [3.8, 4) is 0 Å². The number of ether oxygens (including phenoxy) is 1. The average molecular weight is 328 g/mol.